The summed E-state index contributed by atoms with van der Waals surface area (Å²) in [5.41, 5.74) is 2.66. The molecule has 3 fully saturated rings. The molecular formula is C40H50FN5O3. The van der Waals surface area contributed by atoms with Crippen molar-refractivity contribution in [2.45, 2.75) is 90.2 Å². The highest BCUT2D eigenvalue weighted by Crippen LogP contribution is 2.52. The lowest BCUT2D eigenvalue weighted by Gasteiger charge is -2.51. The number of aromatic nitrogens is 2. The summed E-state index contributed by atoms with van der Waals surface area (Å²) < 4.78 is 23.6. The van der Waals surface area contributed by atoms with E-state index in [4.69, 9.17) is 4.74 Å². The smallest absolute Gasteiger partial charge is 0.305 e. The average Bonchev–Trinajstić information content (AvgIpc) is 3.77. The van der Waals surface area contributed by atoms with Crippen LogP contribution < -0.4 is 4.90 Å². The van der Waals surface area contributed by atoms with Gasteiger partial charge in [0.25, 0.3) is 0 Å². The second-order valence-electron chi connectivity index (χ2n) is 14.3. The van der Waals surface area contributed by atoms with E-state index in [-0.39, 0.29) is 35.5 Å². The average molecular weight is 668 g/mol. The van der Waals surface area contributed by atoms with Gasteiger partial charge in [-0.05, 0) is 87.0 Å². The number of hydrogen-bond donors (Lipinski definition) is 0. The molecule has 260 valence electrons. The second-order valence-corrected chi connectivity index (χ2v) is 14.3. The van der Waals surface area contributed by atoms with Crippen LogP contribution in [0.5, 0.6) is 0 Å². The third-order valence-corrected chi connectivity index (χ3v) is 11.5. The van der Waals surface area contributed by atoms with E-state index in [9.17, 15) is 14.9 Å². The number of rotatable bonds is 13. The molecule has 0 spiro atoms. The lowest BCUT2D eigenvalue weighted by Crippen LogP contribution is -2.55. The Hall–Kier alpha value is -4.03. The molecular weight excluding hydrogens is 617 g/mol. The van der Waals surface area contributed by atoms with Crippen molar-refractivity contribution in [1.82, 2.24) is 14.5 Å². The summed E-state index contributed by atoms with van der Waals surface area (Å²) in [6.07, 6.45) is 9.97. The first kappa shape index (κ1) is 34.8. The first-order valence-corrected chi connectivity index (χ1v) is 18.3. The molecule has 2 aliphatic heterocycles. The predicted molar refractivity (Wildman–Crippen MR) is 188 cm³/mol. The van der Waals surface area contributed by atoms with Gasteiger partial charge in [0.05, 0.1) is 11.6 Å². The number of aryl methyl sites for hydroxylation is 1. The highest BCUT2D eigenvalue weighted by atomic mass is 19.1. The number of esters is 1. The van der Waals surface area contributed by atoms with Crippen molar-refractivity contribution in [2.75, 3.05) is 37.6 Å². The van der Waals surface area contributed by atoms with Crippen molar-refractivity contribution >= 4 is 17.4 Å². The van der Waals surface area contributed by atoms with Gasteiger partial charge in [-0.15, -0.1) is 0 Å². The van der Waals surface area contributed by atoms with Crippen molar-refractivity contribution in [1.29, 1.82) is 5.26 Å². The Kier molecular flexibility index (Phi) is 10.8. The van der Waals surface area contributed by atoms with E-state index in [0.29, 0.717) is 36.4 Å². The molecule has 6 rings (SSSR count). The topological polar surface area (TPSA) is 91.5 Å². The minimum atomic E-state index is -0.431. The Morgan fingerprint density at radius 3 is 2.53 bits per heavy atom. The molecule has 1 aliphatic carbocycles. The Morgan fingerprint density at radius 1 is 1.04 bits per heavy atom. The Bertz CT molecular complexity index is 1670. The van der Waals surface area contributed by atoms with Gasteiger partial charge in [0, 0.05) is 86.3 Å². The van der Waals surface area contributed by atoms with Crippen molar-refractivity contribution in [3.05, 3.63) is 83.2 Å². The van der Waals surface area contributed by atoms with Gasteiger partial charge in [0.15, 0.2) is 5.78 Å². The van der Waals surface area contributed by atoms with Gasteiger partial charge < -0.3 is 19.1 Å². The van der Waals surface area contributed by atoms with Crippen LogP contribution >= 0.6 is 0 Å². The zero-order valence-electron chi connectivity index (χ0n) is 29.2. The molecule has 0 unspecified atom stereocenters. The minimum Gasteiger partial charge on any atom is -0.462 e. The number of carbonyl (C=O) groups excluding carboxylic acids is 2. The van der Waals surface area contributed by atoms with Crippen LogP contribution in [0, 0.1) is 34.9 Å². The summed E-state index contributed by atoms with van der Waals surface area (Å²) in [6, 6.07) is 14.8. The number of nitrogens with zero attached hydrogens (tertiary/aromatic N) is 5. The van der Waals surface area contributed by atoms with E-state index in [1.54, 1.807) is 18.2 Å². The third kappa shape index (κ3) is 7.17. The molecule has 3 atom stereocenters. The van der Waals surface area contributed by atoms with Crippen LogP contribution in [0.25, 0.3) is 0 Å². The lowest BCUT2D eigenvalue weighted by atomic mass is 9.58. The van der Waals surface area contributed by atoms with Crippen molar-refractivity contribution in [3.63, 3.8) is 0 Å². The molecule has 3 heterocycles. The Balaban J connectivity index is 1.22. The van der Waals surface area contributed by atoms with Crippen LogP contribution in [0.15, 0.2) is 54.9 Å². The van der Waals surface area contributed by atoms with Gasteiger partial charge in [-0.25, -0.2) is 9.37 Å². The number of Topliss-reactive ketones (excluding diaryl/α,β-unsaturated/α-hetero) is 1. The highest BCUT2D eigenvalue weighted by molar-refractivity contribution is 6.01. The van der Waals surface area contributed by atoms with E-state index in [2.05, 4.69) is 44.6 Å². The third-order valence-electron chi connectivity index (χ3n) is 11.5. The van der Waals surface area contributed by atoms with Crippen LogP contribution in [-0.4, -0.2) is 65.0 Å². The summed E-state index contributed by atoms with van der Waals surface area (Å²) in [5.74, 6) is 1.51. The summed E-state index contributed by atoms with van der Waals surface area (Å²) in [4.78, 5) is 34.9. The molecule has 0 N–H and O–H groups in total. The molecule has 0 radical (unpaired) electrons. The minimum absolute atomic E-state index is 0.0649. The number of piperidine rings is 1. The first-order chi connectivity index (χ1) is 23.8. The van der Waals surface area contributed by atoms with Gasteiger partial charge in [-0.2, -0.15) is 5.26 Å². The molecule has 2 saturated heterocycles. The summed E-state index contributed by atoms with van der Waals surface area (Å²) in [6.45, 7) is 11.2. The maximum atomic E-state index is 15.1. The SMILES string of the molecule is CCC(=O)O[C@H]1CCC[C@@H]1[C@](Cn1ccnc1CC)(c1cccc(F)c1)C1CCN(CC2CN(c3ccc(C#N)cc3C(=O)CC)C2)CC1. The largest absolute Gasteiger partial charge is 0.462 e. The van der Waals surface area contributed by atoms with E-state index in [0.717, 1.165) is 88.3 Å². The molecule has 0 amide bonds. The Morgan fingerprint density at radius 2 is 1.84 bits per heavy atom. The van der Waals surface area contributed by atoms with E-state index in [1.807, 2.05) is 32.2 Å². The predicted octanol–water partition coefficient (Wildman–Crippen LogP) is 6.96. The van der Waals surface area contributed by atoms with Gasteiger partial charge in [0.2, 0.25) is 0 Å². The molecule has 3 aromatic rings. The standard InChI is InChI=1S/C40H50FN5O3/c1-4-36(47)33-21-28(23-42)13-14-35(33)46-25-29(26-46)24-44-18-15-30(16-19-44)40(31-9-7-10-32(41)22-31,27-45-20-17-43-38(45)5-2)34-11-8-12-37(34)49-39(48)6-3/h7,9-10,13-14,17,20-22,29-30,34,37H,4-6,8,11-12,15-16,18-19,24-27H2,1-3H3/t34-,37-,40-/m0/s1. The molecule has 2 aromatic carbocycles. The number of nitriles is 1. The number of halogens is 1. The number of anilines is 1. The van der Waals surface area contributed by atoms with E-state index < -0.39 is 5.41 Å². The number of hydrogen-bond acceptors (Lipinski definition) is 7. The zero-order valence-corrected chi connectivity index (χ0v) is 29.2. The fourth-order valence-corrected chi connectivity index (χ4v) is 9.03. The molecule has 9 heteroatoms. The number of ether oxygens (including phenoxy) is 1. The van der Waals surface area contributed by atoms with Gasteiger partial charge in [-0.3, -0.25) is 9.59 Å². The normalized spacial score (nSPS) is 21.6. The monoisotopic (exact) mass is 667 g/mol. The van der Waals surface area contributed by atoms with Crippen LogP contribution in [0.4, 0.5) is 10.1 Å². The number of ketones is 1. The molecule has 0 bridgehead atoms. The molecule has 3 aliphatic rings. The van der Waals surface area contributed by atoms with Crippen LogP contribution in [0.2, 0.25) is 0 Å². The molecule has 8 nitrogen and oxygen atoms in total. The quantitative estimate of drug-likeness (QED) is 0.144. The van der Waals surface area contributed by atoms with Crippen molar-refractivity contribution in [2.24, 2.45) is 17.8 Å². The summed E-state index contributed by atoms with van der Waals surface area (Å²) in [5, 5.41) is 9.37. The van der Waals surface area contributed by atoms with Crippen LogP contribution in [-0.2, 0) is 27.9 Å². The van der Waals surface area contributed by atoms with Gasteiger partial charge >= 0.3 is 5.97 Å². The number of benzene rings is 2. The second kappa shape index (κ2) is 15.2. The summed E-state index contributed by atoms with van der Waals surface area (Å²) >= 11 is 0. The van der Waals surface area contributed by atoms with Gasteiger partial charge in [0.1, 0.15) is 17.7 Å². The first-order valence-electron chi connectivity index (χ1n) is 18.3. The number of likely N-dealkylation sites (tertiary alicyclic amines) is 1. The Labute approximate surface area is 290 Å². The van der Waals surface area contributed by atoms with Gasteiger partial charge in [-0.1, -0.05) is 32.9 Å². The number of imidazole rings is 1. The van der Waals surface area contributed by atoms with Crippen LogP contribution in [0.1, 0.15) is 93.0 Å². The molecule has 1 aromatic heterocycles. The zero-order chi connectivity index (χ0) is 34.5. The number of carbonyl (C=O) groups is 2. The molecule has 49 heavy (non-hydrogen) atoms. The van der Waals surface area contributed by atoms with Crippen molar-refractivity contribution in [3.8, 4) is 6.07 Å². The van der Waals surface area contributed by atoms with Crippen molar-refractivity contribution < 1.29 is 18.7 Å². The fourth-order valence-electron chi connectivity index (χ4n) is 9.03. The van der Waals surface area contributed by atoms with Crippen LogP contribution in [0.3, 0.4) is 0 Å². The lowest BCUT2D eigenvalue weighted by molar-refractivity contribution is -0.152. The van der Waals surface area contributed by atoms with E-state index >= 15 is 4.39 Å². The fraction of sp³-hybridized carbons (Fsp3) is 0.550. The summed E-state index contributed by atoms with van der Waals surface area (Å²) in [7, 11) is 0. The maximum Gasteiger partial charge on any atom is 0.305 e. The van der Waals surface area contributed by atoms with E-state index in [1.165, 1.54) is 6.07 Å². The maximum absolute atomic E-state index is 15.1. The molecule has 1 saturated carbocycles. The highest BCUT2D eigenvalue weighted by Gasteiger charge is 2.53.